The first kappa shape index (κ1) is 17.7. The fourth-order valence-electron chi connectivity index (χ4n) is 1.95. The third-order valence-corrected chi connectivity index (χ3v) is 4.29. The number of amides is 1. The third-order valence-electron chi connectivity index (χ3n) is 3.20. The van der Waals surface area contributed by atoms with Gasteiger partial charge in [0.1, 0.15) is 0 Å². The number of allylic oxidation sites excluding steroid dienone is 1. The minimum atomic E-state index is -0.225. The Hall–Kier alpha value is -2.67. The molecule has 2 aromatic rings. The number of thiazole rings is 1. The highest BCUT2D eigenvalue weighted by Crippen LogP contribution is 2.23. The number of carbonyl (C=O) groups excluding carboxylic acids is 2. The summed E-state index contributed by atoms with van der Waals surface area (Å²) in [5, 5.41) is 0.481. The number of nitrogens with zero attached hydrogens (tertiary/aromatic N) is 2. The Kier molecular flexibility index (Phi) is 5.70. The van der Waals surface area contributed by atoms with E-state index in [4.69, 9.17) is 0 Å². The van der Waals surface area contributed by atoms with Crippen LogP contribution in [-0.4, -0.2) is 30.8 Å². The number of hydrazine groups is 1. The molecule has 0 saturated carbocycles. The predicted molar refractivity (Wildman–Crippen MR) is 98.4 cm³/mol. The van der Waals surface area contributed by atoms with Gasteiger partial charge in [-0.15, -0.1) is 0 Å². The molecule has 0 aliphatic rings. The van der Waals surface area contributed by atoms with Crippen molar-refractivity contribution in [2.24, 2.45) is 0 Å². The molecular weight excluding hydrogens is 324 g/mol. The van der Waals surface area contributed by atoms with Crippen molar-refractivity contribution in [3.05, 3.63) is 46.5 Å². The summed E-state index contributed by atoms with van der Waals surface area (Å²) in [6.07, 6.45) is 3.31. The molecule has 0 spiro atoms. The second kappa shape index (κ2) is 7.74. The summed E-state index contributed by atoms with van der Waals surface area (Å²) >= 11 is 1.21. The first-order valence-electron chi connectivity index (χ1n) is 7.36. The molecule has 0 aliphatic heterocycles. The van der Waals surface area contributed by atoms with Crippen molar-refractivity contribution < 1.29 is 9.59 Å². The van der Waals surface area contributed by atoms with E-state index in [2.05, 4.69) is 15.8 Å². The van der Waals surface area contributed by atoms with E-state index in [-0.39, 0.29) is 11.7 Å². The van der Waals surface area contributed by atoms with Gasteiger partial charge in [0.15, 0.2) is 5.78 Å². The molecule has 0 bridgehead atoms. The first-order chi connectivity index (χ1) is 11.4. The zero-order chi connectivity index (χ0) is 17.7. The van der Waals surface area contributed by atoms with Gasteiger partial charge in [0.05, 0.1) is 10.6 Å². The number of hydrogen-bond acceptors (Lipinski definition) is 6. The number of aromatic nitrogens is 1. The zero-order valence-electron chi connectivity index (χ0n) is 14.1. The van der Waals surface area contributed by atoms with Crippen LogP contribution in [0.1, 0.15) is 27.9 Å². The molecule has 1 heterocycles. The van der Waals surface area contributed by atoms with Gasteiger partial charge < -0.3 is 4.90 Å². The third kappa shape index (κ3) is 4.66. The Morgan fingerprint density at radius 1 is 1.21 bits per heavy atom. The lowest BCUT2D eigenvalue weighted by Crippen LogP contribution is -2.26. The summed E-state index contributed by atoms with van der Waals surface area (Å²) in [5.41, 5.74) is 7.80. The Morgan fingerprint density at radius 2 is 1.88 bits per heavy atom. The SMILES string of the molecule is CC(=O)NNc1nc(C)c(C(=O)/C=C/c2ccc(N(C)C)cc2)s1. The van der Waals surface area contributed by atoms with Crippen molar-refractivity contribution in [2.45, 2.75) is 13.8 Å². The molecule has 0 saturated heterocycles. The molecule has 126 valence electrons. The number of aryl methyl sites for hydroxylation is 1. The van der Waals surface area contributed by atoms with Crippen molar-refractivity contribution in [1.82, 2.24) is 10.4 Å². The summed E-state index contributed by atoms with van der Waals surface area (Å²) in [4.78, 5) is 30.0. The van der Waals surface area contributed by atoms with Crippen LogP contribution in [0.15, 0.2) is 30.3 Å². The van der Waals surface area contributed by atoms with Gasteiger partial charge in [-0.1, -0.05) is 29.5 Å². The highest BCUT2D eigenvalue weighted by molar-refractivity contribution is 7.17. The van der Waals surface area contributed by atoms with Crippen molar-refractivity contribution in [2.75, 3.05) is 24.4 Å². The molecule has 2 rings (SSSR count). The number of nitrogens with one attached hydrogen (secondary N) is 2. The van der Waals surface area contributed by atoms with Crippen LogP contribution in [0.4, 0.5) is 10.8 Å². The van der Waals surface area contributed by atoms with Gasteiger partial charge in [0, 0.05) is 26.7 Å². The van der Waals surface area contributed by atoms with E-state index in [9.17, 15) is 9.59 Å². The van der Waals surface area contributed by atoms with Crippen LogP contribution in [0.2, 0.25) is 0 Å². The van der Waals surface area contributed by atoms with E-state index in [1.807, 2.05) is 43.3 Å². The summed E-state index contributed by atoms with van der Waals surface area (Å²) in [5.74, 6) is -0.339. The largest absolute Gasteiger partial charge is 0.378 e. The average molecular weight is 344 g/mol. The first-order valence-corrected chi connectivity index (χ1v) is 8.18. The van der Waals surface area contributed by atoms with Crippen LogP contribution in [0.5, 0.6) is 0 Å². The van der Waals surface area contributed by atoms with Gasteiger partial charge >= 0.3 is 0 Å². The number of benzene rings is 1. The molecule has 0 aliphatic carbocycles. The molecular formula is C17H20N4O2S. The molecule has 0 atom stereocenters. The average Bonchev–Trinajstić information content (AvgIpc) is 2.92. The molecule has 6 nitrogen and oxygen atoms in total. The van der Waals surface area contributed by atoms with E-state index >= 15 is 0 Å². The maximum absolute atomic E-state index is 12.3. The number of anilines is 2. The van der Waals surface area contributed by atoms with Gasteiger partial charge in [-0.05, 0) is 30.7 Å². The molecule has 24 heavy (non-hydrogen) atoms. The smallest absolute Gasteiger partial charge is 0.235 e. The standard InChI is InChI=1S/C17H20N4O2S/c1-11-16(24-17(18-11)20-19-12(2)22)15(23)10-7-13-5-8-14(9-6-13)21(3)4/h5-10H,1-4H3,(H,18,20)(H,19,22)/b10-7+. The van der Waals surface area contributed by atoms with Crippen LogP contribution >= 0.6 is 11.3 Å². The monoisotopic (exact) mass is 344 g/mol. The molecule has 0 fully saturated rings. The normalized spacial score (nSPS) is 10.7. The van der Waals surface area contributed by atoms with Gasteiger partial charge in [0.2, 0.25) is 11.0 Å². The molecule has 1 aromatic carbocycles. The van der Waals surface area contributed by atoms with Crippen molar-refractivity contribution >= 4 is 39.9 Å². The Labute approximate surface area is 145 Å². The van der Waals surface area contributed by atoms with Gasteiger partial charge in [-0.2, -0.15) is 0 Å². The minimum Gasteiger partial charge on any atom is -0.378 e. The van der Waals surface area contributed by atoms with Crippen LogP contribution < -0.4 is 15.8 Å². The summed E-state index contributed by atoms with van der Waals surface area (Å²) < 4.78 is 0. The number of ketones is 1. The number of hydrogen-bond donors (Lipinski definition) is 2. The topological polar surface area (TPSA) is 74.3 Å². The lowest BCUT2D eigenvalue weighted by Gasteiger charge is -2.11. The van der Waals surface area contributed by atoms with Crippen molar-refractivity contribution in [3.8, 4) is 0 Å². The number of carbonyl (C=O) groups is 2. The lowest BCUT2D eigenvalue weighted by molar-refractivity contribution is -0.118. The predicted octanol–water partition coefficient (Wildman–Crippen LogP) is 2.88. The second-order valence-electron chi connectivity index (χ2n) is 5.42. The fraction of sp³-hybridized carbons (Fsp3) is 0.235. The number of rotatable bonds is 6. The Morgan fingerprint density at radius 3 is 2.46 bits per heavy atom. The lowest BCUT2D eigenvalue weighted by atomic mass is 10.1. The Balaban J connectivity index is 2.07. The van der Waals surface area contributed by atoms with E-state index < -0.39 is 0 Å². The molecule has 7 heteroatoms. The highest BCUT2D eigenvalue weighted by Gasteiger charge is 2.13. The fourth-order valence-corrected chi connectivity index (χ4v) is 2.79. The molecule has 0 unspecified atom stereocenters. The van der Waals surface area contributed by atoms with E-state index in [0.717, 1.165) is 11.3 Å². The van der Waals surface area contributed by atoms with Gasteiger partial charge in [-0.25, -0.2) is 4.98 Å². The van der Waals surface area contributed by atoms with Gasteiger partial charge in [-0.3, -0.25) is 20.4 Å². The summed E-state index contributed by atoms with van der Waals surface area (Å²) in [6.45, 7) is 3.16. The van der Waals surface area contributed by atoms with E-state index in [1.54, 1.807) is 13.0 Å². The minimum absolute atomic E-state index is 0.113. The van der Waals surface area contributed by atoms with Crippen LogP contribution in [0.25, 0.3) is 6.08 Å². The molecule has 1 aromatic heterocycles. The quantitative estimate of drug-likeness (QED) is 0.479. The van der Waals surface area contributed by atoms with Gasteiger partial charge in [0.25, 0.3) is 0 Å². The van der Waals surface area contributed by atoms with Crippen molar-refractivity contribution in [3.63, 3.8) is 0 Å². The van der Waals surface area contributed by atoms with Crippen LogP contribution in [-0.2, 0) is 4.79 Å². The summed E-state index contributed by atoms with van der Waals surface area (Å²) in [6, 6.07) is 7.92. The molecule has 1 amide bonds. The summed E-state index contributed by atoms with van der Waals surface area (Å²) in [7, 11) is 3.96. The highest BCUT2D eigenvalue weighted by atomic mass is 32.1. The molecule has 2 N–H and O–H groups in total. The van der Waals surface area contributed by atoms with E-state index in [1.165, 1.54) is 24.3 Å². The second-order valence-corrected chi connectivity index (χ2v) is 6.42. The zero-order valence-corrected chi connectivity index (χ0v) is 14.9. The maximum atomic E-state index is 12.3. The molecule has 0 radical (unpaired) electrons. The Bertz CT molecular complexity index is 763. The van der Waals surface area contributed by atoms with E-state index in [0.29, 0.717) is 15.7 Å². The van der Waals surface area contributed by atoms with Crippen LogP contribution in [0.3, 0.4) is 0 Å². The van der Waals surface area contributed by atoms with Crippen molar-refractivity contribution in [1.29, 1.82) is 0 Å². The maximum Gasteiger partial charge on any atom is 0.235 e. The van der Waals surface area contributed by atoms with Crippen LogP contribution in [0, 0.1) is 6.92 Å².